The third-order valence-electron chi connectivity index (χ3n) is 9.43. The highest BCUT2D eigenvalue weighted by atomic mass is 16.6. The minimum atomic E-state index is -0.479. The van der Waals surface area contributed by atoms with E-state index in [1.165, 1.54) is 0 Å². The lowest BCUT2D eigenvalue weighted by Gasteiger charge is -2.26. The molecule has 52 heavy (non-hydrogen) atoms. The Bertz CT molecular complexity index is 1710. The number of carbonyl (C=O) groups is 2. The van der Waals surface area contributed by atoms with Crippen LogP contribution < -0.4 is 9.47 Å². The monoisotopic (exact) mass is 708 g/mol. The van der Waals surface area contributed by atoms with Crippen molar-refractivity contribution in [1.82, 2.24) is 0 Å². The zero-order chi connectivity index (χ0) is 37.8. The summed E-state index contributed by atoms with van der Waals surface area (Å²) in [4.78, 5) is 25.1. The molecule has 8 bridgehead atoms. The third kappa shape index (κ3) is 8.90. The second-order valence-corrected chi connectivity index (χ2v) is 15.5. The normalized spacial score (nSPS) is 12.9. The van der Waals surface area contributed by atoms with Gasteiger partial charge in [-0.25, -0.2) is 9.59 Å². The van der Waals surface area contributed by atoms with Crippen LogP contribution in [0.5, 0.6) is 23.0 Å². The van der Waals surface area contributed by atoms with Crippen molar-refractivity contribution < 1.29 is 38.7 Å². The molecule has 0 unspecified atom stereocenters. The second kappa shape index (κ2) is 15.7. The number of esters is 2. The van der Waals surface area contributed by atoms with E-state index in [0.717, 1.165) is 33.4 Å². The van der Waals surface area contributed by atoms with Crippen LogP contribution in [0.1, 0.15) is 111 Å². The van der Waals surface area contributed by atoms with Gasteiger partial charge < -0.3 is 29.2 Å². The number of hydrogen-bond donors (Lipinski definition) is 2. The van der Waals surface area contributed by atoms with Crippen molar-refractivity contribution in [2.75, 3.05) is 26.4 Å². The highest BCUT2D eigenvalue weighted by Gasteiger charge is 2.26. The van der Waals surface area contributed by atoms with Gasteiger partial charge in [0.1, 0.15) is 23.0 Å². The first-order valence-corrected chi connectivity index (χ1v) is 18.1. The standard InChI is InChI=1S/C44H52O8/c1-9-49-37(45)25-51-41-31-17-27-13-11-15-29(39(27)47)19-33-23-36(44(6,7)8)24-34(42(33)52-26-38(46)50-10-2)20-30-16-12-14-28(40(30)48)18-32(41)22-35(21-31)43(3,4)5/h11-16,21-24,47-48H,9-10,17-20,25-26H2,1-8H3. The van der Waals surface area contributed by atoms with E-state index in [1.54, 1.807) is 13.8 Å². The zero-order valence-corrected chi connectivity index (χ0v) is 31.8. The number of rotatable bonds is 8. The lowest BCUT2D eigenvalue weighted by Crippen LogP contribution is -2.18. The van der Waals surface area contributed by atoms with Crippen LogP contribution in [0.25, 0.3) is 0 Å². The maximum atomic E-state index is 12.5. The average molecular weight is 709 g/mol. The lowest BCUT2D eigenvalue weighted by atomic mass is 9.81. The van der Waals surface area contributed by atoms with Crippen molar-refractivity contribution >= 4 is 11.9 Å². The van der Waals surface area contributed by atoms with E-state index in [-0.39, 0.29) is 48.8 Å². The van der Waals surface area contributed by atoms with Crippen LogP contribution in [-0.4, -0.2) is 48.6 Å². The van der Waals surface area contributed by atoms with Crippen LogP contribution in [0.3, 0.4) is 0 Å². The molecule has 1 aliphatic rings. The SMILES string of the molecule is CCOC(=O)COc1c2cc(C(C)(C)C)cc1Cc1cccc(c1O)Cc1cc(C(C)(C)C)cc(c1OCC(=O)OCC)Cc1cccc(c1O)C2. The molecule has 4 aromatic rings. The number of benzene rings is 4. The van der Waals surface area contributed by atoms with Crippen molar-refractivity contribution in [1.29, 1.82) is 0 Å². The zero-order valence-electron chi connectivity index (χ0n) is 31.8. The summed E-state index contributed by atoms with van der Waals surface area (Å²) in [6.07, 6.45) is 1.28. The van der Waals surface area contributed by atoms with E-state index in [9.17, 15) is 19.8 Å². The highest BCUT2D eigenvalue weighted by molar-refractivity contribution is 5.72. The number of ether oxygens (including phenoxy) is 4. The molecule has 0 radical (unpaired) electrons. The minimum Gasteiger partial charge on any atom is -0.507 e. The molecule has 0 aliphatic heterocycles. The molecule has 4 aromatic carbocycles. The molecule has 0 aromatic heterocycles. The maximum absolute atomic E-state index is 12.5. The summed E-state index contributed by atoms with van der Waals surface area (Å²) in [5.41, 5.74) is 7.62. The lowest BCUT2D eigenvalue weighted by molar-refractivity contribution is -0.146. The van der Waals surface area contributed by atoms with Gasteiger partial charge in [-0.1, -0.05) is 102 Å². The largest absolute Gasteiger partial charge is 0.507 e. The molecule has 1 aliphatic carbocycles. The molecule has 5 rings (SSSR count). The van der Waals surface area contributed by atoms with Gasteiger partial charge >= 0.3 is 11.9 Å². The smallest absolute Gasteiger partial charge is 0.344 e. The fourth-order valence-corrected chi connectivity index (χ4v) is 6.62. The van der Waals surface area contributed by atoms with Gasteiger partial charge in [0.2, 0.25) is 0 Å². The topological polar surface area (TPSA) is 112 Å². The predicted molar refractivity (Wildman–Crippen MR) is 202 cm³/mol. The summed E-state index contributed by atoms with van der Waals surface area (Å²) in [5, 5.41) is 23.8. The first kappa shape index (κ1) is 38.3. The van der Waals surface area contributed by atoms with Crippen LogP contribution >= 0.6 is 0 Å². The molecule has 0 atom stereocenters. The molecule has 0 fully saturated rings. The number of phenols is 2. The fourth-order valence-electron chi connectivity index (χ4n) is 6.62. The molecule has 8 heteroatoms. The Morgan fingerprint density at radius 2 is 0.827 bits per heavy atom. The van der Waals surface area contributed by atoms with Crippen LogP contribution in [-0.2, 0) is 55.6 Å². The van der Waals surface area contributed by atoms with E-state index in [1.807, 2.05) is 36.4 Å². The predicted octanol–water partition coefficient (Wildman–Crippen LogP) is 8.25. The van der Waals surface area contributed by atoms with Crippen molar-refractivity contribution in [3.05, 3.63) is 116 Å². The molecular weight excluding hydrogens is 656 g/mol. The summed E-state index contributed by atoms with van der Waals surface area (Å²) in [5.74, 6) is 0.391. The van der Waals surface area contributed by atoms with Gasteiger partial charge in [0, 0.05) is 25.7 Å². The summed E-state index contributed by atoms with van der Waals surface area (Å²) in [7, 11) is 0. The van der Waals surface area contributed by atoms with Gasteiger partial charge in [0.05, 0.1) is 13.2 Å². The summed E-state index contributed by atoms with van der Waals surface area (Å²) < 4.78 is 23.0. The van der Waals surface area contributed by atoms with Gasteiger partial charge in [-0.2, -0.15) is 0 Å². The van der Waals surface area contributed by atoms with Crippen molar-refractivity contribution in [3.8, 4) is 23.0 Å². The van der Waals surface area contributed by atoms with E-state index in [0.29, 0.717) is 59.4 Å². The molecule has 0 spiro atoms. The van der Waals surface area contributed by atoms with Gasteiger partial charge in [-0.05, 0) is 80.3 Å². The number of carbonyl (C=O) groups excluding carboxylic acids is 2. The first-order chi connectivity index (χ1) is 24.6. The van der Waals surface area contributed by atoms with Gasteiger partial charge in [0.25, 0.3) is 0 Å². The third-order valence-corrected chi connectivity index (χ3v) is 9.43. The Labute approximate surface area is 307 Å². The highest BCUT2D eigenvalue weighted by Crippen LogP contribution is 2.41. The molecular formula is C44H52O8. The summed E-state index contributed by atoms with van der Waals surface area (Å²) >= 11 is 0. The Balaban J connectivity index is 1.77. The maximum Gasteiger partial charge on any atom is 0.344 e. The Kier molecular flexibility index (Phi) is 11.6. The molecule has 0 heterocycles. The molecule has 276 valence electrons. The Morgan fingerprint density at radius 1 is 0.538 bits per heavy atom. The fraction of sp³-hybridized carbons (Fsp3) is 0.409. The van der Waals surface area contributed by atoms with Crippen LogP contribution in [0, 0.1) is 0 Å². The number of fused-ring (bicyclic) bond motifs is 8. The van der Waals surface area contributed by atoms with Crippen LogP contribution in [0.2, 0.25) is 0 Å². The van der Waals surface area contributed by atoms with E-state index in [2.05, 4.69) is 65.8 Å². The summed E-state index contributed by atoms with van der Waals surface area (Å²) in [6, 6.07) is 19.7. The molecule has 0 saturated heterocycles. The average Bonchev–Trinajstić information content (AvgIpc) is 3.06. The van der Waals surface area contributed by atoms with Gasteiger partial charge in [-0.15, -0.1) is 0 Å². The van der Waals surface area contributed by atoms with Crippen molar-refractivity contribution in [2.24, 2.45) is 0 Å². The number of para-hydroxylation sites is 2. The number of hydrogen-bond acceptors (Lipinski definition) is 8. The molecule has 8 nitrogen and oxygen atoms in total. The van der Waals surface area contributed by atoms with E-state index < -0.39 is 11.9 Å². The van der Waals surface area contributed by atoms with Crippen LogP contribution in [0.15, 0.2) is 60.7 Å². The second-order valence-electron chi connectivity index (χ2n) is 15.5. The molecule has 0 amide bonds. The van der Waals surface area contributed by atoms with Gasteiger partial charge in [0.15, 0.2) is 13.2 Å². The van der Waals surface area contributed by atoms with E-state index >= 15 is 0 Å². The Hall–Kier alpha value is -4.98. The quantitative estimate of drug-likeness (QED) is 0.155. The van der Waals surface area contributed by atoms with E-state index in [4.69, 9.17) is 18.9 Å². The molecule has 2 N–H and O–H groups in total. The van der Waals surface area contributed by atoms with Crippen LogP contribution in [0.4, 0.5) is 0 Å². The van der Waals surface area contributed by atoms with Crippen molar-refractivity contribution in [2.45, 2.75) is 91.9 Å². The Morgan fingerprint density at radius 3 is 1.08 bits per heavy atom. The molecule has 0 saturated carbocycles. The van der Waals surface area contributed by atoms with Crippen molar-refractivity contribution in [3.63, 3.8) is 0 Å². The van der Waals surface area contributed by atoms with Gasteiger partial charge in [-0.3, -0.25) is 0 Å². The number of phenolic OH excluding ortho intramolecular Hbond substituents is 2. The summed E-state index contributed by atoms with van der Waals surface area (Å²) in [6.45, 7) is 16.2. The first-order valence-electron chi connectivity index (χ1n) is 18.1. The minimum absolute atomic E-state index is 0.149. The number of aromatic hydroxyl groups is 2.